The zero-order valence-corrected chi connectivity index (χ0v) is 16.6. The summed E-state index contributed by atoms with van der Waals surface area (Å²) in [6, 6.07) is 14.2. The van der Waals surface area contributed by atoms with Gasteiger partial charge in [0.1, 0.15) is 5.82 Å². The lowest BCUT2D eigenvalue weighted by Gasteiger charge is -2.33. The molecule has 152 valence electrons. The van der Waals surface area contributed by atoms with E-state index < -0.39 is 0 Å². The third-order valence-electron chi connectivity index (χ3n) is 5.82. The Morgan fingerprint density at radius 3 is 2.59 bits per heavy atom. The highest BCUT2D eigenvalue weighted by molar-refractivity contribution is 5.95. The average molecular weight is 394 g/mol. The molecule has 2 aromatic carbocycles. The normalized spacial score (nSPS) is 19.1. The Balaban J connectivity index is 1.37. The average Bonchev–Trinajstić information content (AvgIpc) is 3.56. The smallest absolute Gasteiger partial charge is 0.253 e. The maximum atomic E-state index is 13.2. The Labute approximate surface area is 171 Å². The number of piperidine rings is 1. The summed E-state index contributed by atoms with van der Waals surface area (Å²) in [6.45, 7) is 1.46. The summed E-state index contributed by atoms with van der Waals surface area (Å²) >= 11 is 0. The summed E-state index contributed by atoms with van der Waals surface area (Å²) in [6.07, 6.45) is 5.62. The first-order chi connectivity index (χ1) is 14.1. The molecule has 2 amide bonds. The molecule has 1 atom stereocenters. The Hall–Kier alpha value is -2.69. The standard InChI is InChI=1S/C24H27FN2O2/c25-21-9-7-18(8-10-21)19-4-1-5-20(15-19)24(29)27-14-2-3-17(16-27)6-13-23(28)26-22-11-12-22/h1,4-5,7-10,15,17,22H,2-3,6,11-14,16H2,(H,26,28). The number of benzene rings is 2. The first kappa shape index (κ1) is 19.6. The number of carbonyl (C=O) groups excluding carboxylic acids is 2. The number of halogens is 1. The van der Waals surface area contributed by atoms with Gasteiger partial charge in [-0.1, -0.05) is 24.3 Å². The van der Waals surface area contributed by atoms with Gasteiger partial charge in [-0.2, -0.15) is 0 Å². The highest BCUT2D eigenvalue weighted by Crippen LogP contribution is 2.25. The van der Waals surface area contributed by atoms with Crippen molar-refractivity contribution in [2.45, 2.75) is 44.6 Å². The predicted octanol–water partition coefficient (Wildman–Crippen LogP) is 4.40. The van der Waals surface area contributed by atoms with Gasteiger partial charge in [-0.25, -0.2) is 4.39 Å². The molecule has 4 nitrogen and oxygen atoms in total. The van der Waals surface area contributed by atoms with E-state index in [1.807, 2.05) is 29.2 Å². The summed E-state index contributed by atoms with van der Waals surface area (Å²) < 4.78 is 13.2. The molecule has 5 heteroatoms. The number of hydrogen-bond donors (Lipinski definition) is 1. The minimum absolute atomic E-state index is 0.0288. The van der Waals surface area contributed by atoms with Gasteiger partial charge in [-0.3, -0.25) is 9.59 Å². The molecule has 2 aromatic rings. The van der Waals surface area contributed by atoms with Gasteiger partial charge in [0.05, 0.1) is 0 Å². The monoisotopic (exact) mass is 394 g/mol. The molecule has 0 spiro atoms. The molecular weight excluding hydrogens is 367 g/mol. The highest BCUT2D eigenvalue weighted by Gasteiger charge is 2.26. The zero-order valence-electron chi connectivity index (χ0n) is 16.6. The van der Waals surface area contributed by atoms with E-state index in [1.165, 1.54) is 12.1 Å². The van der Waals surface area contributed by atoms with Gasteiger partial charge in [-0.05, 0) is 73.4 Å². The van der Waals surface area contributed by atoms with Crippen molar-refractivity contribution in [3.63, 3.8) is 0 Å². The number of hydrogen-bond acceptors (Lipinski definition) is 2. The number of nitrogens with one attached hydrogen (secondary N) is 1. The summed E-state index contributed by atoms with van der Waals surface area (Å²) in [5.41, 5.74) is 2.44. The minimum Gasteiger partial charge on any atom is -0.353 e. The Morgan fingerprint density at radius 2 is 1.83 bits per heavy atom. The maximum absolute atomic E-state index is 13.2. The van der Waals surface area contributed by atoms with Gasteiger partial charge in [0.25, 0.3) is 5.91 Å². The van der Waals surface area contributed by atoms with Crippen molar-refractivity contribution in [2.75, 3.05) is 13.1 Å². The lowest BCUT2D eigenvalue weighted by atomic mass is 9.92. The van der Waals surface area contributed by atoms with Crippen LogP contribution < -0.4 is 5.32 Å². The van der Waals surface area contributed by atoms with E-state index in [-0.39, 0.29) is 17.6 Å². The molecule has 1 saturated heterocycles. The molecule has 0 radical (unpaired) electrons. The number of carbonyl (C=O) groups is 2. The molecule has 4 rings (SSSR count). The Morgan fingerprint density at radius 1 is 1.03 bits per heavy atom. The number of rotatable bonds is 6. The van der Waals surface area contributed by atoms with Crippen LogP contribution in [-0.4, -0.2) is 35.8 Å². The molecule has 1 N–H and O–H groups in total. The van der Waals surface area contributed by atoms with E-state index in [1.54, 1.807) is 12.1 Å². The third-order valence-corrected chi connectivity index (χ3v) is 5.82. The van der Waals surface area contributed by atoms with Crippen LogP contribution in [0.4, 0.5) is 4.39 Å². The highest BCUT2D eigenvalue weighted by atomic mass is 19.1. The van der Waals surface area contributed by atoms with Crippen LogP contribution in [0.1, 0.15) is 48.9 Å². The van der Waals surface area contributed by atoms with Crippen LogP contribution in [0, 0.1) is 11.7 Å². The Kier molecular flexibility index (Phi) is 5.93. The molecule has 0 aromatic heterocycles. The predicted molar refractivity (Wildman–Crippen MR) is 111 cm³/mol. The van der Waals surface area contributed by atoms with E-state index in [0.717, 1.165) is 49.8 Å². The molecule has 2 aliphatic rings. The van der Waals surface area contributed by atoms with Gasteiger partial charge < -0.3 is 10.2 Å². The second kappa shape index (κ2) is 8.76. The largest absolute Gasteiger partial charge is 0.353 e. The lowest BCUT2D eigenvalue weighted by molar-refractivity contribution is -0.121. The van der Waals surface area contributed by atoms with E-state index in [2.05, 4.69) is 5.32 Å². The van der Waals surface area contributed by atoms with Crippen molar-refractivity contribution in [3.8, 4) is 11.1 Å². The van der Waals surface area contributed by atoms with Gasteiger partial charge in [-0.15, -0.1) is 0 Å². The van der Waals surface area contributed by atoms with Crippen molar-refractivity contribution in [2.24, 2.45) is 5.92 Å². The van der Waals surface area contributed by atoms with E-state index in [9.17, 15) is 14.0 Å². The van der Waals surface area contributed by atoms with Crippen LogP contribution in [0.2, 0.25) is 0 Å². The summed E-state index contributed by atoms with van der Waals surface area (Å²) in [4.78, 5) is 26.9. The Bertz CT molecular complexity index is 877. The fraction of sp³-hybridized carbons (Fsp3) is 0.417. The second-order valence-corrected chi connectivity index (χ2v) is 8.23. The van der Waals surface area contributed by atoms with Crippen LogP contribution in [0.15, 0.2) is 48.5 Å². The van der Waals surface area contributed by atoms with Crippen LogP contribution in [0.25, 0.3) is 11.1 Å². The van der Waals surface area contributed by atoms with Gasteiger partial charge >= 0.3 is 0 Å². The van der Waals surface area contributed by atoms with Crippen molar-refractivity contribution in [1.29, 1.82) is 0 Å². The first-order valence-electron chi connectivity index (χ1n) is 10.5. The molecular formula is C24H27FN2O2. The third kappa shape index (κ3) is 5.22. The lowest BCUT2D eigenvalue weighted by Crippen LogP contribution is -2.40. The van der Waals surface area contributed by atoms with Crippen molar-refractivity contribution in [3.05, 3.63) is 59.9 Å². The molecule has 2 fully saturated rings. The van der Waals surface area contributed by atoms with Crippen LogP contribution in [0.5, 0.6) is 0 Å². The van der Waals surface area contributed by atoms with Crippen LogP contribution >= 0.6 is 0 Å². The summed E-state index contributed by atoms with van der Waals surface area (Å²) in [7, 11) is 0. The fourth-order valence-corrected chi connectivity index (χ4v) is 4.00. The van der Waals surface area contributed by atoms with E-state index in [4.69, 9.17) is 0 Å². The van der Waals surface area contributed by atoms with Crippen LogP contribution in [0.3, 0.4) is 0 Å². The van der Waals surface area contributed by atoms with Crippen molar-refractivity contribution < 1.29 is 14.0 Å². The molecule has 1 unspecified atom stereocenters. The fourth-order valence-electron chi connectivity index (χ4n) is 4.00. The number of nitrogens with zero attached hydrogens (tertiary/aromatic N) is 1. The van der Waals surface area contributed by atoms with Gasteiger partial charge in [0.2, 0.25) is 5.91 Å². The van der Waals surface area contributed by atoms with Crippen molar-refractivity contribution >= 4 is 11.8 Å². The molecule has 1 aliphatic carbocycles. The number of likely N-dealkylation sites (tertiary alicyclic amines) is 1. The molecule has 0 bridgehead atoms. The SMILES string of the molecule is O=C(CCC1CCCN(C(=O)c2cccc(-c3ccc(F)cc3)c2)C1)NC1CC1. The van der Waals surface area contributed by atoms with E-state index in [0.29, 0.717) is 30.5 Å². The topological polar surface area (TPSA) is 49.4 Å². The first-order valence-corrected chi connectivity index (χ1v) is 10.5. The molecule has 1 saturated carbocycles. The van der Waals surface area contributed by atoms with Crippen LogP contribution in [-0.2, 0) is 4.79 Å². The van der Waals surface area contributed by atoms with Crippen molar-refractivity contribution in [1.82, 2.24) is 10.2 Å². The second-order valence-electron chi connectivity index (χ2n) is 8.23. The summed E-state index contributed by atoms with van der Waals surface area (Å²) in [5, 5.41) is 3.04. The van der Waals surface area contributed by atoms with Gasteiger partial charge in [0, 0.05) is 31.1 Å². The minimum atomic E-state index is -0.272. The molecule has 29 heavy (non-hydrogen) atoms. The van der Waals surface area contributed by atoms with Gasteiger partial charge in [0.15, 0.2) is 0 Å². The summed E-state index contributed by atoms with van der Waals surface area (Å²) in [5.74, 6) is 0.271. The zero-order chi connectivity index (χ0) is 20.2. The molecule has 1 aliphatic heterocycles. The quantitative estimate of drug-likeness (QED) is 0.789. The molecule has 1 heterocycles. The maximum Gasteiger partial charge on any atom is 0.253 e. The van der Waals surface area contributed by atoms with E-state index >= 15 is 0 Å². The number of amides is 2.